The first-order chi connectivity index (χ1) is 8.91. The van der Waals surface area contributed by atoms with Crippen LogP contribution in [0.3, 0.4) is 0 Å². The number of likely N-dealkylation sites (N-methyl/N-ethyl adjacent to an activating group) is 1. The molecular weight excluding hydrogens is 250 g/mol. The molecule has 2 unspecified atom stereocenters. The van der Waals surface area contributed by atoms with E-state index in [9.17, 15) is 9.59 Å². The molecule has 1 aliphatic rings. The van der Waals surface area contributed by atoms with Crippen molar-refractivity contribution in [3.05, 3.63) is 0 Å². The summed E-state index contributed by atoms with van der Waals surface area (Å²) in [6.07, 6.45) is 0. The van der Waals surface area contributed by atoms with Gasteiger partial charge in [-0.3, -0.25) is 0 Å². The fraction of sp³-hybridized carbons (Fsp3) is 0.833. The second kappa shape index (κ2) is 7.30. The fourth-order valence-electron chi connectivity index (χ4n) is 2.29. The van der Waals surface area contributed by atoms with Gasteiger partial charge in [0.2, 0.25) is 0 Å². The van der Waals surface area contributed by atoms with Crippen LogP contribution in [0.15, 0.2) is 0 Å². The van der Waals surface area contributed by atoms with Gasteiger partial charge in [-0.2, -0.15) is 0 Å². The Hall–Kier alpha value is -1.34. The summed E-state index contributed by atoms with van der Waals surface area (Å²) in [5.41, 5.74) is 0. The van der Waals surface area contributed by atoms with E-state index in [0.717, 1.165) is 13.1 Å². The van der Waals surface area contributed by atoms with Crippen molar-refractivity contribution >= 4 is 12.0 Å². The normalized spacial score (nSPS) is 22.8. The molecule has 1 heterocycles. The van der Waals surface area contributed by atoms with Gasteiger partial charge in [-0.05, 0) is 20.0 Å². The van der Waals surface area contributed by atoms with Gasteiger partial charge in [0.05, 0.1) is 6.61 Å². The van der Waals surface area contributed by atoms with E-state index in [1.54, 1.807) is 4.90 Å². The van der Waals surface area contributed by atoms with E-state index in [0.29, 0.717) is 18.5 Å². The van der Waals surface area contributed by atoms with Crippen molar-refractivity contribution in [3.8, 4) is 0 Å². The summed E-state index contributed by atoms with van der Waals surface area (Å²) in [7, 11) is 4.03. The van der Waals surface area contributed by atoms with Crippen molar-refractivity contribution in [2.24, 2.45) is 5.92 Å². The highest BCUT2D eigenvalue weighted by Gasteiger charge is 2.33. The first kappa shape index (κ1) is 15.7. The van der Waals surface area contributed by atoms with Crippen molar-refractivity contribution in [2.45, 2.75) is 13.0 Å². The molecule has 0 aliphatic carbocycles. The van der Waals surface area contributed by atoms with Crippen LogP contribution in [0.25, 0.3) is 0 Å². The SMILES string of the molecule is CC1CN(C(=O)NCCOCC(=O)O)CC1N(C)C. The highest BCUT2D eigenvalue weighted by molar-refractivity contribution is 5.74. The van der Waals surface area contributed by atoms with Gasteiger partial charge in [-0.15, -0.1) is 0 Å². The van der Waals surface area contributed by atoms with Crippen LogP contribution in [0.2, 0.25) is 0 Å². The quantitative estimate of drug-likeness (QED) is 0.648. The van der Waals surface area contributed by atoms with Crippen LogP contribution >= 0.6 is 0 Å². The number of carboxylic acid groups (broad SMARTS) is 1. The molecule has 2 amide bonds. The van der Waals surface area contributed by atoms with Crippen molar-refractivity contribution in [1.29, 1.82) is 0 Å². The second-order valence-corrected chi connectivity index (χ2v) is 5.09. The number of carboxylic acids is 1. The smallest absolute Gasteiger partial charge is 0.329 e. The molecule has 2 N–H and O–H groups in total. The zero-order valence-electron chi connectivity index (χ0n) is 11.8. The van der Waals surface area contributed by atoms with E-state index in [-0.39, 0.29) is 19.2 Å². The standard InChI is InChI=1S/C12H23N3O4/c1-9-6-15(7-10(9)14(2)3)12(18)13-4-5-19-8-11(16)17/h9-10H,4-8H2,1-3H3,(H,13,18)(H,16,17). The van der Waals surface area contributed by atoms with Crippen LogP contribution < -0.4 is 5.32 Å². The topological polar surface area (TPSA) is 82.1 Å². The lowest BCUT2D eigenvalue weighted by Crippen LogP contribution is -2.41. The van der Waals surface area contributed by atoms with Gasteiger partial charge < -0.3 is 25.0 Å². The van der Waals surface area contributed by atoms with Gasteiger partial charge in [0.1, 0.15) is 6.61 Å². The highest BCUT2D eigenvalue weighted by Crippen LogP contribution is 2.19. The Morgan fingerprint density at radius 2 is 2.11 bits per heavy atom. The third-order valence-electron chi connectivity index (χ3n) is 3.27. The predicted octanol–water partition coefficient (Wildman–Crippen LogP) is -0.321. The van der Waals surface area contributed by atoms with E-state index in [1.165, 1.54) is 0 Å². The lowest BCUT2D eigenvalue weighted by atomic mass is 10.1. The molecule has 0 spiro atoms. The molecule has 1 fully saturated rings. The third-order valence-corrected chi connectivity index (χ3v) is 3.27. The van der Waals surface area contributed by atoms with E-state index in [4.69, 9.17) is 9.84 Å². The van der Waals surface area contributed by atoms with Crippen molar-refractivity contribution in [2.75, 3.05) is 46.9 Å². The second-order valence-electron chi connectivity index (χ2n) is 5.09. The zero-order valence-corrected chi connectivity index (χ0v) is 11.8. The Balaban J connectivity index is 2.22. The number of likely N-dealkylation sites (tertiary alicyclic amines) is 1. The van der Waals surface area contributed by atoms with Crippen LogP contribution in [0, 0.1) is 5.92 Å². The van der Waals surface area contributed by atoms with Gasteiger partial charge >= 0.3 is 12.0 Å². The number of urea groups is 1. The number of nitrogens with zero attached hydrogens (tertiary/aromatic N) is 2. The van der Waals surface area contributed by atoms with Crippen molar-refractivity contribution in [1.82, 2.24) is 15.1 Å². The summed E-state index contributed by atoms with van der Waals surface area (Å²) in [6, 6.07) is 0.268. The number of amides is 2. The summed E-state index contributed by atoms with van der Waals surface area (Å²) in [5.74, 6) is -0.558. The summed E-state index contributed by atoms with van der Waals surface area (Å²) in [6.45, 7) is 3.79. The number of ether oxygens (including phenoxy) is 1. The molecule has 0 aromatic heterocycles. The number of hydrogen-bond donors (Lipinski definition) is 2. The van der Waals surface area contributed by atoms with Crippen LogP contribution in [0.4, 0.5) is 4.79 Å². The largest absolute Gasteiger partial charge is 0.480 e. The number of nitrogens with one attached hydrogen (secondary N) is 1. The van der Waals surface area contributed by atoms with E-state index in [2.05, 4.69) is 17.1 Å². The number of rotatable bonds is 6. The van der Waals surface area contributed by atoms with Crippen molar-refractivity contribution < 1.29 is 19.4 Å². The third kappa shape index (κ3) is 5.04. The van der Waals surface area contributed by atoms with Gasteiger partial charge in [0, 0.05) is 25.7 Å². The molecule has 7 heteroatoms. The maximum atomic E-state index is 11.9. The summed E-state index contributed by atoms with van der Waals surface area (Å²) < 4.78 is 4.85. The molecule has 1 saturated heterocycles. The van der Waals surface area contributed by atoms with Gasteiger partial charge in [0.15, 0.2) is 0 Å². The minimum Gasteiger partial charge on any atom is -0.480 e. The molecule has 0 aromatic rings. The van der Waals surface area contributed by atoms with Gasteiger partial charge in [-0.25, -0.2) is 9.59 Å². The minimum absolute atomic E-state index is 0.116. The molecule has 0 saturated carbocycles. The molecule has 110 valence electrons. The summed E-state index contributed by atoms with van der Waals surface area (Å²) in [4.78, 5) is 26.0. The molecule has 0 bridgehead atoms. The molecule has 0 radical (unpaired) electrons. The summed E-state index contributed by atoms with van der Waals surface area (Å²) >= 11 is 0. The van der Waals surface area contributed by atoms with Gasteiger partial charge in [-0.1, -0.05) is 6.92 Å². The number of carbonyl (C=O) groups is 2. The average molecular weight is 273 g/mol. The Morgan fingerprint density at radius 3 is 2.63 bits per heavy atom. The molecule has 1 aliphatic heterocycles. The Bertz CT molecular complexity index is 322. The molecule has 7 nitrogen and oxygen atoms in total. The minimum atomic E-state index is -1.01. The monoisotopic (exact) mass is 273 g/mol. The fourth-order valence-corrected chi connectivity index (χ4v) is 2.29. The average Bonchev–Trinajstić information content (AvgIpc) is 2.70. The molecule has 19 heavy (non-hydrogen) atoms. The predicted molar refractivity (Wildman–Crippen MR) is 70.1 cm³/mol. The van der Waals surface area contributed by atoms with Crippen LogP contribution in [0.1, 0.15) is 6.92 Å². The maximum absolute atomic E-state index is 11.9. The number of hydrogen-bond acceptors (Lipinski definition) is 4. The molecule has 1 rings (SSSR count). The number of aliphatic carboxylic acids is 1. The van der Waals surface area contributed by atoms with Crippen LogP contribution in [-0.4, -0.2) is 79.9 Å². The highest BCUT2D eigenvalue weighted by atomic mass is 16.5. The molecule has 2 atom stereocenters. The zero-order chi connectivity index (χ0) is 14.4. The lowest BCUT2D eigenvalue weighted by Gasteiger charge is -2.22. The molecule has 0 aromatic carbocycles. The van der Waals surface area contributed by atoms with Crippen molar-refractivity contribution in [3.63, 3.8) is 0 Å². The first-order valence-electron chi connectivity index (χ1n) is 6.40. The van der Waals surface area contributed by atoms with E-state index < -0.39 is 5.97 Å². The number of carbonyl (C=O) groups excluding carboxylic acids is 1. The van der Waals surface area contributed by atoms with Gasteiger partial charge in [0.25, 0.3) is 0 Å². The Labute approximate surface area is 113 Å². The van der Waals surface area contributed by atoms with Crippen LogP contribution in [-0.2, 0) is 9.53 Å². The lowest BCUT2D eigenvalue weighted by molar-refractivity contribution is -0.142. The Morgan fingerprint density at radius 1 is 1.42 bits per heavy atom. The maximum Gasteiger partial charge on any atom is 0.329 e. The van der Waals surface area contributed by atoms with Crippen LogP contribution in [0.5, 0.6) is 0 Å². The molecular formula is C12H23N3O4. The Kier molecular flexibility index (Phi) is 6.04. The van der Waals surface area contributed by atoms with E-state index in [1.807, 2.05) is 14.1 Å². The summed E-state index contributed by atoms with van der Waals surface area (Å²) in [5, 5.41) is 11.1. The first-order valence-corrected chi connectivity index (χ1v) is 6.40. The van der Waals surface area contributed by atoms with E-state index >= 15 is 0 Å².